The highest BCUT2D eigenvalue weighted by atomic mass is 32.2. The Kier molecular flexibility index (Phi) is 4.76. The van der Waals surface area contributed by atoms with Crippen LogP contribution in [0, 0.1) is 0 Å². The summed E-state index contributed by atoms with van der Waals surface area (Å²) in [5.41, 5.74) is 0.695. The maximum atomic E-state index is 11.9. The van der Waals surface area contributed by atoms with Crippen LogP contribution < -0.4 is 10.9 Å². The Morgan fingerprint density at radius 1 is 1.33 bits per heavy atom. The standard InChI is InChI=1S/C14H14N6O2S2/c1-19-7-9(3-4-11(19)22)12-17-18-14(20(12)2)24-8-10(21)16-13-15-5-6-23-13/h3-7H,8H2,1-2H3,(H,15,16,21). The van der Waals surface area contributed by atoms with Crippen LogP contribution in [0.15, 0.2) is 39.9 Å². The normalized spacial score (nSPS) is 10.8. The summed E-state index contributed by atoms with van der Waals surface area (Å²) in [4.78, 5) is 27.4. The fourth-order valence-corrected chi connectivity index (χ4v) is 3.24. The van der Waals surface area contributed by atoms with E-state index in [1.165, 1.54) is 33.7 Å². The highest BCUT2D eigenvalue weighted by Gasteiger charge is 2.14. The zero-order valence-corrected chi connectivity index (χ0v) is 14.6. The molecular formula is C14H14N6O2S2. The molecule has 0 aliphatic rings. The van der Waals surface area contributed by atoms with E-state index in [9.17, 15) is 9.59 Å². The molecule has 1 N–H and O–H groups in total. The van der Waals surface area contributed by atoms with Gasteiger partial charge < -0.3 is 14.5 Å². The molecule has 0 bridgehead atoms. The van der Waals surface area contributed by atoms with Crippen molar-refractivity contribution in [1.82, 2.24) is 24.3 Å². The Morgan fingerprint density at radius 3 is 2.88 bits per heavy atom. The molecule has 3 aromatic rings. The zero-order chi connectivity index (χ0) is 17.1. The van der Waals surface area contributed by atoms with Crippen molar-refractivity contribution in [2.24, 2.45) is 14.1 Å². The van der Waals surface area contributed by atoms with Crippen LogP contribution in [0.25, 0.3) is 11.4 Å². The quantitative estimate of drug-likeness (QED) is 0.689. The molecule has 0 aromatic carbocycles. The highest BCUT2D eigenvalue weighted by molar-refractivity contribution is 7.99. The van der Waals surface area contributed by atoms with E-state index in [1.807, 2.05) is 7.05 Å². The van der Waals surface area contributed by atoms with Gasteiger partial charge in [0.2, 0.25) is 11.5 Å². The molecule has 0 saturated heterocycles. The lowest BCUT2D eigenvalue weighted by atomic mass is 10.2. The summed E-state index contributed by atoms with van der Waals surface area (Å²) in [6.45, 7) is 0. The fourth-order valence-electron chi connectivity index (χ4n) is 1.99. The minimum atomic E-state index is -0.151. The summed E-state index contributed by atoms with van der Waals surface area (Å²) in [6.07, 6.45) is 3.34. The van der Waals surface area contributed by atoms with E-state index < -0.39 is 0 Å². The van der Waals surface area contributed by atoms with Crippen LogP contribution in [0.1, 0.15) is 0 Å². The lowest BCUT2D eigenvalue weighted by molar-refractivity contribution is -0.113. The first kappa shape index (κ1) is 16.4. The number of pyridine rings is 1. The minimum absolute atomic E-state index is 0.0885. The van der Waals surface area contributed by atoms with Crippen LogP contribution in [-0.2, 0) is 18.9 Å². The van der Waals surface area contributed by atoms with E-state index in [4.69, 9.17) is 0 Å². The Morgan fingerprint density at radius 2 is 2.17 bits per heavy atom. The number of carbonyl (C=O) groups is 1. The Hall–Kier alpha value is -2.46. The Balaban J connectivity index is 1.69. The zero-order valence-electron chi connectivity index (χ0n) is 13.0. The number of thiazole rings is 1. The van der Waals surface area contributed by atoms with Crippen LogP contribution in [0.4, 0.5) is 5.13 Å². The van der Waals surface area contributed by atoms with E-state index in [0.29, 0.717) is 16.1 Å². The summed E-state index contributed by atoms with van der Waals surface area (Å²) < 4.78 is 3.28. The molecule has 0 aliphatic carbocycles. The van der Waals surface area contributed by atoms with Crippen molar-refractivity contribution in [1.29, 1.82) is 0 Å². The van der Waals surface area contributed by atoms with E-state index in [-0.39, 0.29) is 17.2 Å². The number of rotatable bonds is 5. The van der Waals surface area contributed by atoms with E-state index in [2.05, 4.69) is 20.5 Å². The molecule has 24 heavy (non-hydrogen) atoms. The van der Waals surface area contributed by atoms with Crippen molar-refractivity contribution >= 4 is 34.1 Å². The molecule has 10 heteroatoms. The molecule has 124 valence electrons. The summed E-state index contributed by atoms with van der Waals surface area (Å²) in [5, 5.41) is 14.0. The maximum Gasteiger partial charge on any atom is 0.250 e. The topological polar surface area (TPSA) is 94.7 Å². The second-order valence-electron chi connectivity index (χ2n) is 4.91. The van der Waals surface area contributed by atoms with Gasteiger partial charge in [0.25, 0.3) is 0 Å². The number of carbonyl (C=O) groups excluding carboxylic acids is 1. The number of nitrogens with zero attached hydrogens (tertiary/aromatic N) is 5. The molecule has 3 rings (SSSR count). The van der Waals surface area contributed by atoms with Gasteiger partial charge in [0.1, 0.15) is 0 Å². The number of anilines is 1. The SMILES string of the molecule is Cn1c(SCC(=O)Nc2nccs2)nnc1-c1ccc(=O)n(C)c1. The Labute approximate surface area is 145 Å². The van der Waals surface area contributed by atoms with Crippen LogP contribution in [-0.4, -0.2) is 36.0 Å². The first-order chi connectivity index (χ1) is 11.5. The average molecular weight is 362 g/mol. The van der Waals surface area contributed by atoms with E-state index >= 15 is 0 Å². The van der Waals surface area contributed by atoms with Crippen LogP contribution in [0.3, 0.4) is 0 Å². The number of aryl methyl sites for hydroxylation is 1. The Bertz CT molecular complexity index is 916. The molecular weight excluding hydrogens is 348 g/mol. The smallest absolute Gasteiger partial charge is 0.250 e. The van der Waals surface area contributed by atoms with Crippen LogP contribution >= 0.6 is 23.1 Å². The van der Waals surface area contributed by atoms with Gasteiger partial charge in [-0.3, -0.25) is 9.59 Å². The predicted octanol–water partition coefficient (Wildman–Crippen LogP) is 1.37. The largest absolute Gasteiger partial charge is 0.318 e. The van der Waals surface area contributed by atoms with Gasteiger partial charge in [-0.25, -0.2) is 4.98 Å². The molecule has 3 aromatic heterocycles. The highest BCUT2D eigenvalue weighted by Crippen LogP contribution is 2.22. The fraction of sp³-hybridized carbons (Fsp3) is 0.214. The van der Waals surface area contributed by atoms with Crippen LogP contribution in [0.2, 0.25) is 0 Å². The van der Waals surface area contributed by atoms with Crippen molar-refractivity contribution < 1.29 is 4.79 Å². The van der Waals surface area contributed by atoms with Gasteiger partial charge >= 0.3 is 0 Å². The van der Waals surface area contributed by atoms with Gasteiger partial charge in [0.15, 0.2) is 16.1 Å². The van der Waals surface area contributed by atoms with Crippen molar-refractivity contribution in [3.8, 4) is 11.4 Å². The van der Waals surface area contributed by atoms with Gasteiger partial charge in [0.05, 0.1) is 5.75 Å². The first-order valence-corrected chi connectivity index (χ1v) is 8.79. The maximum absolute atomic E-state index is 11.9. The molecule has 1 amide bonds. The van der Waals surface area contributed by atoms with Gasteiger partial charge in [-0.2, -0.15) is 0 Å². The van der Waals surface area contributed by atoms with Crippen molar-refractivity contribution in [2.45, 2.75) is 5.16 Å². The molecule has 0 aliphatic heterocycles. The summed E-state index contributed by atoms with van der Waals surface area (Å²) in [6, 6.07) is 3.19. The summed E-state index contributed by atoms with van der Waals surface area (Å²) >= 11 is 2.65. The molecule has 0 spiro atoms. The lowest BCUT2D eigenvalue weighted by Crippen LogP contribution is -2.15. The minimum Gasteiger partial charge on any atom is -0.318 e. The first-order valence-electron chi connectivity index (χ1n) is 6.93. The van der Waals surface area contributed by atoms with Crippen LogP contribution in [0.5, 0.6) is 0 Å². The number of aromatic nitrogens is 5. The number of thioether (sulfide) groups is 1. The number of hydrogen-bond acceptors (Lipinski definition) is 7. The van der Waals surface area contributed by atoms with Gasteiger partial charge in [-0.05, 0) is 6.07 Å². The van der Waals surface area contributed by atoms with Crippen molar-refractivity contribution in [2.75, 3.05) is 11.1 Å². The monoisotopic (exact) mass is 362 g/mol. The molecule has 0 saturated carbocycles. The van der Waals surface area contributed by atoms with Crippen molar-refractivity contribution in [3.63, 3.8) is 0 Å². The number of hydrogen-bond donors (Lipinski definition) is 1. The van der Waals surface area contributed by atoms with E-state index in [1.54, 1.807) is 35.5 Å². The predicted molar refractivity (Wildman–Crippen MR) is 93.1 cm³/mol. The van der Waals surface area contributed by atoms with Gasteiger partial charge in [-0.1, -0.05) is 11.8 Å². The third kappa shape index (κ3) is 3.54. The molecule has 0 radical (unpaired) electrons. The molecule has 8 nitrogen and oxygen atoms in total. The summed E-state index contributed by atoms with van der Waals surface area (Å²) in [5.74, 6) is 0.689. The molecule has 0 atom stereocenters. The third-order valence-corrected chi connectivity index (χ3v) is 4.90. The second-order valence-corrected chi connectivity index (χ2v) is 6.74. The van der Waals surface area contributed by atoms with Crippen molar-refractivity contribution in [3.05, 3.63) is 40.3 Å². The lowest BCUT2D eigenvalue weighted by Gasteiger charge is -2.05. The summed E-state index contributed by atoms with van der Waals surface area (Å²) in [7, 11) is 3.50. The van der Waals surface area contributed by atoms with Gasteiger partial charge in [-0.15, -0.1) is 21.5 Å². The second kappa shape index (κ2) is 6.97. The number of amides is 1. The molecule has 0 fully saturated rings. The average Bonchev–Trinajstić information content (AvgIpc) is 3.18. The molecule has 0 unspecified atom stereocenters. The van der Waals surface area contributed by atoms with Gasteiger partial charge in [0, 0.05) is 43.5 Å². The third-order valence-electron chi connectivity index (χ3n) is 3.19. The van der Waals surface area contributed by atoms with E-state index in [0.717, 1.165) is 5.56 Å². The number of nitrogens with one attached hydrogen (secondary N) is 1. The molecule has 3 heterocycles.